The van der Waals surface area contributed by atoms with Gasteiger partial charge in [-0.15, -0.1) is 0 Å². The third-order valence-electron chi connectivity index (χ3n) is 3.46. The van der Waals surface area contributed by atoms with Gasteiger partial charge in [-0.25, -0.2) is 0 Å². The van der Waals surface area contributed by atoms with Gasteiger partial charge in [0.2, 0.25) is 0 Å². The molecule has 18 heavy (non-hydrogen) atoms. The van der Waals surface area contributed by atoms with Gasteiger partial charge in [0.05, 0.1) is 9.86 Å². The number of hydrogen-bond acceptors (Lipinski definition) is 3. The molecule has 1 aliphatic heterocycles. The molecule has 0 saturated carbocycles. The molecule has 4 heteroatoms. The van der Waals surface area contributed by atoms with Crippen molar-refractivity contribution < 1.29 is 9.15 Å². The molecule has 1 unspecified atom stereocenters. The van der Waals surface area contributed by atoms with E-state index in [1.807, 2.05) is 13.8 Å². The highest BCUT2D eigenvalue weighted by atomic mass is 79.9. The molecule has 1 aromatic carbocycles. The van der Waals surface area contributed by atoms with Gasteiger partial charge in [-0.2, -0.15) is 0 Å². The molecule has 0 amide bonds. The highest BCUT2D eigenvalue weighted by molar-refractivity contribution is 9.10. The predicted octanol–water partition coefficient (Wildman–Crippen LogP) is 3.50. The minimum Gasteiger partial charge on any atom is -0.489 e. The zero-order chi connectivity index (χ0) is 13.0. The Morgan fingerprint density at radius 3 is 2.83 bits per heavy atom. The van der Waals surface area contributed by atoms with Crippen LogP contribution in [0.1, 0.15) is 23.8 Å². The Morgan fingerprint density at radius 2 is 2.11 bits per heavy atom. The van der Waals surface area contributed by atoms with Gasteiger partial charge in [0.1, 0.15) is 23.2 Å². The molecule has 1 atom stereocenters. The molecule has 0 radical (unpaired) electrons. The first-order valence-electron chi connectivity index (χ1n) is 5.91. The number of fused-ring (bicyclic) bond motifs is 3. The van der Waals surface area contributed by atoms with Crippen LogP contribution in [0.5, 0.6) is 5.75 Å². The summed E-state index contributed by atoms with van der Waals surface area (Å²) in [6.45, 7) is 5.63. The summed E-state index contributed by atoms with van der Waals surface area (Å²) in [4.78, 5) is 12.3. The lowest BCUT2D eigenvalue weighted by Crippen LogP contribution is -2.08. The van der Waals surface area contributed by atoms with E-state index in [9.17, 15) is 4.79 Å². The molecule has 1 aromatic heterocycles. The van der Waals surface area contributed by atoms with Crippen molar-refractivity contribution in [3.63, 3.8) is 0 Å². The second kappa shape index (κ2) is 3.85. The quantitative estimate of drug-likeness (QED) is 0.748. The number of benzene rings is 1. The van der Waals surface area contributed by atoms with Crippen molar-refractivity contribution >= 4 is 26.9 Å². The monoisotopic (exact) mass is 308 g/mol. The molecule has 1 aliphatic rings. The van der Waals surface area contributed by atoms with Crippen molar-refractivity contribution in [2.24, 2.45) is 0 Å². The van der Waals surface area contributed by atoms with Crippen LogP contribution in [-0.2, 0) is 6.42 Å². The number of aryl methyl sites for hydroxylation is 1. The molecule has 0 bridgehead atoms. The summed E-state index contributed by atoms with van der Waals surface area (Å²) in [7, 11) is 0. The Labute approximate surface area is 113 Å². The van der Waals surface area contributed by atoms with E-state index in [-0.39, 0.29) is 11.5 Å². The molecule has 0 N–H and O–H groups in total. The lowest BCUT2D eigenvalue weighted by atomic mass is 10.0. The summed E-state index contributed by atoms with van der Waals surface area (Å²) in [6, 6.07) is 1.80. The van der Waals surface area contributed by atoms with E-state index in [2.05, 4.69) is 15.9 Å². The van der Waals surface area contributed by atoms with Crippen molar-refractivity contribution in [3.8, 4) is 5.75 Å². The summed E-state index contributed by atoms with van der Waals surface area (Å²) >= 11 is 3.47. The van der Waals surface area contributed by atoms with Gasteiger partial charge in [-0.3, -0.25) is 4.79 Å². The Morgan fingerprint density at radius 1 is 1.39 bits per heavy atom. The van der Waals surface area contributed by atoms with Crippen molar-refractivity contribution in [2.75, 3.05) is 0 Å². The first-order valence-corrected chi connectivity index (χ1v) is 6.70. The van der Waals surface area contributed by atoms with Gasteiger partial charge in [-0.1, -0.05) is 0 Å². The Hall–Kier alpha value is -1.29. The van der Waals surface area contributed by atoms with Crippen molar-refractivity contribution in [2.45, 2.75) is 33.3 Å². The van der Waals surface area contributed by atoms with Crippen molar-refractivity contribution in [3.05, 3.63) is 37.6 Å². The van der Waals surface area contributed by atoms with Crippen molar-refractivity contribution in [1.29, 1.82) is 0 Å². The zero-order valence-corrected chi connectivity index (χ0v) is 12.1. The topological polar surface area (TPSA) is 39.4 Å². The number of hydrogen-bond donors (Lipinski definition) is 0. The van der Waals surface area contributed by atoms with Crippen LogP contribution in [0.3, 0.4) is 0 Å². The van der Waals surface area contributed by atoms with Gasteiger partial charge in [0, 0.05) is 17.5 Å². The number of halogens is 1. The molecule has 0 fully saturated rings. The maximum Gasteiger partial charge on any atom is 0.195 e. The second-order valence-corrected chi connectivity index (χ2v) is 5.64. The number of rotatable bonds is 0. The predicted molar refractivity (Wildman–Crippen MR) is 73.5 cm³/mol. The molecule has 3 rings (SSSR count). The van der Waals surface area contributed by atoms with Gasteiger partial charge in [-0.05, 0) is 42.8 Å². The normalized spacial score (nSPS) is 17.9. The van der Waals surface area contributed by atoms with Crippen LogP contribution in [0.25, 0.3) is 11.0 Å². The van der Waals surface area contributed by atoms with E-state index >= 15 is 0 Å². The molecular formula is C14H13BrO3. The molecule has 0 aliphatic carbocycles. The van der Waals surface area contributed by atoms with Gasteiger partial charge < -0.3 is 9.15 Å². The van der Waals surface area contributed by atoms with E-state index in [0.29, 0.717) is 22.3 Å². The summed E-state index contributed by atoms with van der Waals surface area (Å²) in [5, 5.41) is 0.626. The van der Waals surface area contributed by atoms with Gasteiger partial charge in [0.15, 0.2) is 5.43 Å². The van der Waals surface area contributed by atoms with Crippen molar-refractivity contribution in [1.82, 2.24) is 0 Å². The molecule has 2 aromatic rings. The zero-order valence-electron chi connectivity index (χ0n) is 10.5. The van der Waals surface area contributed by atoms with E-state index in [0.717, 1.165) is 22.2 Å². The summed E-state index contributed by atoms with van der Waals surface area (Å²) in [6.07, 6.45) is 0.894. The minimum atomic E-state index is 0.0387. The fourth-order valence-corrected chi connectivity index (χ4v) is 2.95. The maximum atomic E-state index is 12.3. The molecule has 94 valence electrons. The van der Waals surface area contributed by atoms with Crippen LogP contribution in [0.4, 0.5) is 0 Å². The maximum absolute atomic E-state index is 12.3. The lowest BCUT2D eigenvalue weighted by Gasteiger charge is -2.08. The van der Waals surface area contributed by atoms with Gasteiger partial charge in [0.25, 0.3) is 0 Å². The fraction of sp³-hybridized carbons (Fsp3) is 0.357. The molecule has 2 heterocycles. The molecule has 3 nitrogen and oxygen atoms in total. The fourth-order valence-electron chi connectivity index (χ4n) is 2.39. The molecule has 0 spiro atoms. The Bertz CT molecular complexity index is 715. The van der Waals surface area contributed by atoms with Crippen LogP contribution in [0.2, 0.25) is 0 Å². The standard InChI is InChI=1S/C14H13BrO3/c1-6-4-10-13-9(5-11(15)14(10)17-6)12(16)7(2)8(3)18-13/h5-6H,4H2,1-3H3. The lowest BCUT2D eigenvalue weighted by molar-refractivity contribution is 0.253. The van der Waals surface area contributed by atoms with Gasteiger partial charge >= 0.3 is 0 Å². The van der Waals surface area contributed by atoms with E-state index in [1.54, 1.807) is 13.0 Å². The highest BCUT2D eigenvalue weighted by Gasteiger charge is 2.27. The summed E-state index contributed by atoms with van der Waals surface area (Å²) < 4.78 is 12.4. The third-order valence-corrected chi connectivity index (χ3v) is 4.05. The summed E-state index contributed by atoms with van der Waals surface area (Å²) in [5.41, 5.74) is 2.37. The summed E-state index contributed by atoms with van der Waals surface area (Å²) in [5.74, 6) is 1.48. The average Bonchev–Trinajstić information content (AvgIpc) is 2.71. The van der Waals surface area contributed by atoms with Crippen LogP contribution in [0, 0.1) is 13.8 Å². The Balaban J connectivity index is 2.48. The smallest absolute Gasteiger partial charge is 0.195 e. The first kappa shape index (κ1) is 11.8. The highest BCUT2D eigenvalue weighted by Crippen LogP contribution is 2.40. The van der Waals surface area contributed by atoms with Crippen LogP contribution in [0.15, 0.2) is 19.8 Å². The van der Waals surface area contributed by atoms with Crippen LogP contribution >= 0.6 is 15.9 Å². The molecular weight excluding hydrogens is 296 g/mol. The van der Waals surface area contributed by atoms with Crippen LogP contribution < -0.4 is 10.2 Å². The first-order chi connectivity index (χ1) is 8.49. The molecule has 0 saturated heterocycles. The van der Waals surface area contributed by atoms with E-state index in [1.165, 1.54) is 0 Å². The van der Waals surface area contributed by atoms with E-state index in [4.69, 9.17) is 9.15 Å². The Kier molecular flexibility index (Phi) is 2.52. The SMILES string of the molecule is Cc1oc2c3c(c(Br)cc2c(=O)c1C)OC(C)C3. The third kappa shape index (κ3) is 1.52. The minimum absolute atomic E-state index is 0.0387. The van der Waals surface area contributed by atoms with E-state index < -0.39 is 0 Å². The second-order valence-electron chi connectivity index (χ2n) is 4.79. The average molecular weight is 309 g/mol. The number of ether oxygens (including phenoxy) is 1. The largest absolute Gasteiger partial charge is 0.489 e. The van der Waals surface area contributed by atoms with Crippen LogP contribution in [-0.4, -0.2) is 6.10 Å².